The lowest BCUT2D eigenvalue weighted by molar-refractivity contribution is -0.130. The van der Waals surface area contributed by atoms with Crippen LogP contribution in [0.3, 0.4) is 0 Å². The van der Waals surface area contributed by atoms with Gasteiger partial charge in [-0.15, -0.1) is 0 Å². The molecule has 2 aliphatic rings. The zero-order valence-corrected chi connectivity index (χ0v) is 13.6. The van der Waals surface area contributed by atoms with Gasteiger partial charge < -0.3 is 15.4 Å². The maximum Gasteiger partial charge on any atom is 0.268 e. The molecule has 128 valence electrons. The molecule has 2 atom stereocenters. The van der Waals surface area contributed by atoms with Gasteiger partial charge in [0.15, 0.2) is 6.10 Å². The van der Waals surface area contributed by atoms with Crippen molar-refractivity contribution in [3.63, 3.8) is 0 Å². The van der Waals surface area contributed by atoms with Crippen LogP contribution in [-0.2, 0) is 14.4 Å². The number of hydrogen-bond donors (Lipinski definition) is 2. The number of para-hydroxylation sites is 2. The summed E-state index contributed by atoms with van der Waals surface area (Å²) in [6.07, 6.45) is 1.75. The molecule has 2 aliphatic heterocycles. The minimum Gasteiger partial charge on any atom is -0.479 e. The van der Waals surface area contributed by atoms with Gasteiger partial charge in [-0.1, -0.05) is 12.1 Å². The Labute approximate surface area is 140 Å². The monoisotopic (exact) mass is 331 g/mol. The van der Waals surface area contributed by atoms with Gasteiger partial charge in [0.2, 0.25) is 11.8 Å². The largest absolute Gasteiger partial charge is 0.479 e. The fourth-order valence-electron chi connectivity index (χ4n) is 2.98. The average molecular weight is 331 g/mol. The number of amides is 3. The van der Waals surface area contributed by atoms with Crippen molar-refractivity contribution in [3.05, 3.63) is 24.3 Å². The summed E-state index contributed by atoms with van der Waals surface area (Å²) in [7, 11) is 0. The summed E-state index contributed by atoms with van der Waals surface area (Å²) in [5.74, 6) is -0.212. The highest BCUT2D eigenvalue weighted by atomic mass is 16.5. The molecule has 0 aromatic heterocycles. The van der Waals surface area contributed by atoms with Crippen molar-refractivity contribution in [2.45, 2.75) is 38.3 Å². The Morgan fingerprint density at radius 2 is 2.12 bits per heavy atom. The fourth-order valence-corrected chi connectivity index (χ4v) is 2.98. The van der Waals surface area contributed by atoms with Gasteiger partial charge in [0.25, 0.3) is 5.91 Å². The third kappa shape index (κ3) is 3.34. The van der Waals surface area contributed by atoms with Crippen LogP contribution < -0.4 is 20.3 Å². The van der Waals surface area contributed by atoms with E-state index in [0.717, 1.165) is 12.8 Å². The van der Waals surface area contributed by atoms with Crippen molar-refractivity contribution in [2.24, 2.45) is 0 Å². The van der Waals surface area contributed by atoms with E-state index in [2.05, 4.69) is 10.6 Å². The molecule has 0 spiro atoms. The average Bonchev–Trinajstić information content (AvgIpc) is 2.76. The number of carbonyl (C=O) groups is 3. The Morgan fingerprint density at radius 3 is 2.96 bits per heavy atom. The molecule has 2 heterocycles. The highest BCUT2D eigenvalue weighted by Crippen LogP contribution is 2.33. The number of nitrogens with zero attached hydrogens (tertiary/aromatic N) is 1. The van der Waals surface area contributed by atoms with E-state index in [1.54, 1.807) is 25.1 Å². The van der Waals surface area contributed by atoms with Crippen molar-refractivity contribution in [1.29, 1.82) is 0 Å². The summed E-state index contributed by atoms with van der Waals surface area (Å²) >= 11 is 0. The van der Waals surface area contributed by atoms with Gasteiger partial charge in [-0.2, -0.15) is 0 Å². The van der Waals surface area contributed by atoms with E-state index in [9.17, 15) is 14.4 Å². The van der Waals surface area contributed by atoms with Gasteiger partial charge >= 0.3 is 0 Å². The lowest BCUT2D eigenvalue weighted by Crippen LogP contribution is -2.52. The van der Waals surface area contributed by atoms with Crippen molar-refractivity contribution in [1.82, 2.24) is 10.6 Å². The molecule has 1 aromatic carbocycles. The number of ether oxygens (including phenoxy) is 1. The molecule has 7 nitrogen and oxygen atoms in total. The Hall–Kier alpha value is -2.57. The summed E-state index contributed by atoms with van der Waals surface area (Å²) in [5.41, 5.74) is 0.570. The van der Waals surface area contributed by atoms with Gasteiger partial charge in [0.05, 0.1) is 5.69 Å². The van der Waals surface area contributed by atoms with Crippen LogP contribution in [0.5, 0.6) is 5.75 Å². The Bertz CT molecular complexity index is 661. The van der Waals surface area contributed by atoms with Crippen LogP contribution in [0.1, 0.15) is 26.2 Å². The number of nitrogens with one attached hydrogen (secondary N) is 2. The summed E-state index contributed by atoms with van der Waals surface area (Å²) in [6.45, 7) is 2.16. The first kappa shape index (κ1) is 16.3. The van der Waals surface area contributed by atoms with E-state index < -0.39 is 12.1 Å². The Morgan fingerprint density at radius 1 is 1.33 bits per heavy atom. The van der Waals surface area contributed by atoms with Gasteiger partial charge in [0.1, 0.15) is 18.3 Å². The van der Waals surface area contributed by atoms with Crippen LogP contribution in [0, 0.1) is 0 Å². The smallest absolute Gasteiger partial charge is 0.268 e. The third-order valence-corrected chi connectivity index (χ3v) is 4.25. The predicted molar refractivity (Wildman–Crippen MR) is 87.7 cm³/mol. The highest BCUT2D eigenvalue weighted by molar-refractivity contribution is 6.04. The Kier molecular flexibility index (Phi) is 4.69. The zero-order chi connectivity index (χ0) is 17.1. The van der Waals surface area contributed by atoms with Crippen LogP contribution in [0.2, 0.25) is 0 Å². The molecule has 3 rings (SSSR count). The molecular formula is C17H21N3O4. The van der Waals surface area contributed by atoms with Crippen molar-refractivity contribution in [3.8, 4) is 5.75 Å². The quantitative estimate of drug-likeness (QED) is 0.848. The van der Waals surface area contributed by atoms with Gasteiger partial charge in [-0.3, -0.25) is 19.3 Å². The molecule has 24 heavy (non-hydrogen) atoms. The minimum absolute atomic E-state index is 0.132. The molecule has 1 fully saturated rings. The van der Waals surface area contributed by atoms with Gasteiger partial charge in [-0.05, 0) is 38.3 Å². The number of benzene rings is 1. The number of hydrogen-bond acceptors (Lipinski definition) is 4. The summed E-state index contributed by atoms with van der Waals surface area (Å²) in [4.78, 5) is 38.1. The standard InChI is InChI=1S/C17H21N3O4/c1-11-17(23)20(13-7-2-3-8-14(13)24-11)10-15(21)19-12-6-4-5-9-18-16(12)22/h2-3,7-8,11-12H,4-6,9-10H2,1H3,(H,18,22)(H,19,21)/t11-,12-/m0/s1. The first-order valence-corrected chi connectivity index (χ1v) is 8.20. The topological polar surface area (TPSA) is 87.7 Å². The van der Waals surface area contributed by atoms with E-state index in [0.29, 0.717) is 24.4 Å². The van der Waals surface area contributed by atoms with Crippen molar-refractivity contribution in [2.75, 3.05) is 18.0 Å². The molecule has 2 N–H and O–H groups in total. The molecular weight excluding hydrogens is 310 g/mol. The summed E-state index contributed by atoms with van der Waals surface area (Å²) in [5, 5.41) is 5.52. The van der Waals surface area contributed by atoms with Gasteiger partial charge in [-0.25, -0.2) is 0 Å². The van der Waals surface area contributed by atoms with Crippen LogP contribution in [0.15, 0.2) is 24.3 Å². The normalized spacial score (nSPS) is 23.6. The number of carbonyl (C=O) groups excluding carboxylic acids is 3. The van der Waals surface area contributed by atoms with E-state index in [-0.39, 0.29) is 24.3 Å². The van der Waals surface area contributed by atoms with Crippen molar-refractivity contribution < 1.29 is 19.1 Å². The first-order chi connectivity index (χ1) is 11.6. The first-order valence-electron chi connectivity index (χ1n) is 8.20. The molecule has 0 bridgehead atoms. The van der Waals surface area contributed by atoms with E-state index in [1.165, 1.54) is 4.90 Å². The molecule has 0 aliphatic carbocycles. The second-order valence-electron chi connectivity index (χ2n) is 6.06. The summed E-state index contributed by atoms with van der Waals surface area (Å²) < 4.78 is 5.55. The number of rotatable bonds is 3. The van der Waals surface area contributed by atoms with Crippen LogP contribution in [0.25, 0.3) is 0 Å². The fraction of sp³-hybridized carbons (Fsp3) is 0.471. The number of fused-ring (bicyclic) bond motifs is 1. The van der Waals surface area contributed by atoms with Crippen LogP contribution >= 0.6 is 0 Å². The lowest BCUT2D eigenvalue weighted by Gasteiger charge is -2.32. The minimum atomic E-state index is -0.645. The third-order valence-electron chi connectivity index (χ3n) is 4.25. The molecule has 3 amide bonds. The molecule has 0 radical (unpaired) electrons. The zero-order valence-electron chi connectivity index (χ0n) is 13.6. The van der Waals surface area contributed by atoms with E-state index in [1.807, 2.05) is 6.07 Å². The second kappa shape index (κ2) is 6.90. The maximum atomic E-state index is 12.4. The second-order valence-corrected chi connectivity index (χ2v) is 6.06. The molecule has 1 aromatic rings. The SMILES string of the molecule is C[C@@H]1Oc2ccccc2N(CC(=O)N[C@H]2CCCCNC2=O)C1=O. The maximum absolute atomic E-state index is 12.4. The Balaban J connectivity index is 1.71. The molecule has 7 heteroatoms. The summed E-state index contributed by atoms with van der Waals surface area (Å²) in [6, 6.07) is 6.57. The highest BCUT2D eigenvalue weighted by Gasteiger charge is 2.33. The van der Waals surface area contributed by atoms with Gasteiger partial charge in [0, 0.05) is 6.54 Å². The molecule has 0 saturated carbocycles. The lowest BCUT2D eigenvalue weighted by atomic mass is 10.1. The van der Waals surface area contributed by atoms with Crippen LogP contribution in [0.4, 0.5) is 5.69 Å². The molecule has 1 saturated heterocycles. The number of anilines is 1. The van der Waals surface area contributed by atoms with Crippen LogP contribution in [-0.4, -0.2) is 43.0 Å². The van der Waals surface area contributed by atoms with E-state index >= 15 is 0 Å². The van der Waals surface area contributed by atoms with E-state index in [4.69, 9.17) is 4.74 Å². The predicted octanol–water partition coefficient (Wildman–Crippen LogP) is 0.585. The molecule has 0 unspecified atom stereocenters. The van der Waals surface area contributed by atoms with Crippen molar-refractivity contribution >= 4 is 23.4 Å².